The summed E-state index contributed by atoms with van der Waals surface area (Å²) in [6, 6.07) is 28.7. The van der Waals surface area contributed by atoms with Crippen molar-refractivity contribution in [1.29, 1.82) is 0 Å². The Labute approximate surface area is 224 Å². The first-order valence-electron chi connectivity index (χ1n) is 11.9. The molecule has 0 aliphatic heterocycles. The Balaban J connectivity index is 1.22. The number of carboxylic acids is 1. The first-order chi connectivity index (χ1) is 18.0. The minimum Gasteiger partial charge on any atom is -0.492 e. The van der Waals surface area contributed by atoms with Crippen LogP contribution in [-0.2, 0) is 29.1 Å². The van der Waals surface area contributed by atoms with Gasteiger partial charge >= 0.3 is 5.97 Å². The SMILES string of the molecule is O=C(O)C(Cc1ccc(OCCn2c3ccc(Cl)cc3c3cc(Cl)ccc32)cc1)OCc1ccccc1. The van der Waals surface area contributed by atoms with Crippen LogP contribution in [0, 0.1) is 0 Å². The lowest BCUT2D eigenvalue weighted by Gasteiger charge is -2.14. The summed E-state index contributed by atoms with van der Waals surface area (Å²) in [5, 5.41) is 13.1. The topological polar surface area (TPSA) is 60.7 Å². The quantitative estimate of drug-likeness (QED) is 0.203. The molecule has 0 spiro atoms. The average Bonchev–Trinajstić information content (AvgIpc) is 3.19. The van der Waals surface area contributed by atoms with Gasteiger partial charge in [0.2, 0.25) is 0 Å². The van der Waals surface area contributed by atoms with Gasteiger partial charge in [0.15, 0.2) is 6.10 Å². The molecule has 5 nitrogen and oxygen atoms in total. The second-order valence-corrected chi connectivity index (χ2v) is 9.67. The monoisotopic (exact) mass is 533 g/mol. The molecule has 37 heavy (non-hydrogen) atoms. The van der Waals surface area contributed by atoms with Crippen molar-refractivity contribution in [2.75, 3.05) is 6.61 Å². The van der Waals surface area contributed by atoms with Crippen LogP contribution in [0.3, 0.4) is 0 Å². The van der Waals surface area contributed by atoms with Crippen LogP contribution < -0.4 is 4.74 Å². The zero-order chi connectivity index (χ0) is 25.8. The van der Waals surface area contributed by atoms with E-state index in [-0.39, 0.29) is 13.0 Å². The van der Waals surface area contributed by atoms with Gasteiger partial charge < -0.3 is 19.1 Å². The maximum Gasteiger partial charge on any atom is 0.333 e. The van der Waals surface area contributed by atoms with E-state index in [2.05, 4.69) is 4.57 Å². The fourth-order valence-corrected chi connectivity index (χ4v) is 4.81. The lowest BCUT2D eigenvalue weighted by atomic mass is 10.1. The lowest BCUT2D eigenvalue weighted by Crippen LogP contribution is -2.26. The summed E-state index contributed by atoms with van der Waals surface area (Å²) in [6.07, 6.45) is -0.654. The molecular formula is C30H25Cl2NO4. The Bertz CT molecular complexity index is 1470. The number of ether oxygens (including phenoxy) is 2. The summed E-state index contributed by atoms with van der Waals surface area (Å²) in [4.78, 5) is 11.7. The van der Waals surface area contributed by atoms with E-state index in [1.165, 1.54) is 0 Å². The number of halogens is 2. The van der Waals surface area contributed by atoms with Gasteiger partial charge in [0.05, 0.1) is 13.2 Å². The number of aliphatic carboxylic acids is 1. The van der Waals surface area contributed by atoms with E-state index in [9.17, 15) is 9.90 Å². The van der Waals surface area contributed by atoms with Crippen LogP contribution in [0.25, 0.3) is 21.8 Å². The molecule has 5 aromatic rings. The molecule has 0 amide bonds. The van der Waals surface area contributed by atoms with Crippen molar-refractivity contribution in [2.45, 2.75) is 25.7 Å². The van der Waals surface area contributed by atoms with Gasteiger partial charge in [-0.1, -0.05) is 65.7 Å². The van der Waals surface area contributed by atoms with Crippen LogP contribution in [0.2, 0.25) is 10.0 Å². The third-order valence-corrected chi connectivity index (χ3v) is 6.76. The average molecular weight is 534 g/mol. The highest BCUT2D eigenvalue weighted by Gasteiger charge is 2.19. The number of carboxylic acid groups (broad SMARTS) is 1. The van der Waals surface area contributed by atoms with Gasteiger partial charge in [0, 0.05) is 38.3 Å². The molecule has 1 aromatic heterocycles. The molecule has 7 heteroatoms. The van der Waals surface area contributed by atoms with Crippen LogP contribution in [0.15, 0.2) is 91.0 Å². The molecule has 1 heterocycles. The first-order valence-corrected chi connectivity index (χ1v) is 12.7. The van der Waals surface area contributed by atoms with Gasteiger partial charge in [-0.15, -0.1) is 0 Å². The summed E-state index contributed by atoms with van der Waals surface area (Å²) in [7, 11) is 0. The molecule has 0 fully saturated rings. The van der Waals surface area contributed by atoms with Crippen molar-refractivity contribution in [1.82, 2.24) is 4.57 Å². The van der Waals surface area contributed by atoms with E-state index in [1.54, 1.807) is 0 Å². The van der Waals surface area contributed by atoms with Crippen molar-refractivity contribution in [3.63, 3.8) is 0 Å². The van der Waals surface area contributed by atoms with Gasteiger partial charge in [-0.05, 0) is 59.7 Å². The van der Waals surface area contributed by atoms with Gasteiger partial charge in [-0.3, -0.25) is 0 Å². The van der Waals surface area contributed by atoms with Crippen molar-refractivity contribution in [3.8, 4) is 5.75 Å². The lowest BCUT2D eigenvalue weighted by molar-refractivity contribution is -0.151. The van der Waals surface area contributed by atoms with Crippen molar-refractivity contribution in [3.05, 3.63) is 112 Å². The standard InChI is InChI=1S/C30H25Cl2NO4/c31-22-8-12-27-25(17-22)26-18-23(32)9-13-28(26)33(27)14-15-36-24-10-6-20(7-11-24)16-29(30(34)35)37-19-21-4-2-1-3-5-21/h1-13,17-18,29H,14-16,19H2,(H,34,35). The Morgan fingerprint density at radius 2 is 1.43 bits per heavy atom. The van der Waals surface area contributed by atoms with E-state index in [0.29, 0.717) is 28.9 Å². The van der Waals surface area contributed by atoms with Crippen LogP contribution in [0.5, 0.6) is 5.75 Å². The number of nitrogens with zero attached hydrogens (tertiary/aromatic N) is 1. The van der Waals surface area contributed by atoms with E-state index < -0.39 is 12.1 Å². The third-order valence-electron chi connectivity index (χ3n) is 6.29. The van der Waals surface area contributed by atoms with E-state index in [0.717, 1.165) is 32.9 Å². The molecule has 0 saturated heterocycles. The minimum atomic E-state index is -0.981. The maximum atomic E-state index is 11.7. The number of hydrogen-bond donors (Lipinski definition) is 1. The molecule has 0 bridgehead atoms. The number of aromatic nitrogens is 1. The smallest absolute Gasteiger partial charge is 0.333 e. The Kier molecular flexibility index (Phi) is 7.65. The molecule has 1 N–H and O–H groups in total. The van der Waals surface area contributed by atoms with E-state index in [1.807, 2.05) is 91.0 Å². The van der Waals surface area contributed by atoms with Crippen LogP contribution in [0.4, 0.5) is 0 Å². The molecule has 0 radical (unpaired) electrons. The third kappa shape index (κ3) is 5.91. The Morgan fingerprint density at radius 3 is 2.03 bits per heavy atom. The molecule has 1 atom stereocenters. The molecule has 0 aliphatic carbocycles. The van der Waals surface area contributed by atoms with Gasteiger partial charge in [0.25, 0.3) is 0 Å². The van der Waals surface area contributed by atoms with Crippen LogP contribution >= 0.6 is 23.2 Å². The second kappa shape index (κ2) is 11.3. The number of rotatable bonds is 10. The number of carbonyl (C=O) groups is 1. The summed E-state index contributed by atoms with van der Waals surface area (Å²) in [6.45, 7) is 1.35. The summed E-state index contributed by atoms with van der Waals surface area (Å²) < 4.78 is 13.9. The minimum absolute atomic E-state index is 0.250. The second-order valence-electron chi connectivity index (χ2n) is 8.79. The van der Waals surface area contributed by atoms with E-state index >= 15 is 0 Å². The summed E-state index contributed by atoms with van der Waals surface area (Å²) in [5.74, 6) is -0.266. The molecule has 0 saturated carbocycles. The highest BCUT2D eigenvalue weighted by molar-refractivity contribution is 6.33. The van der Waals surface area contributed by atoms with Crippen molar-refractivity contribution < 1.29 is 19.4 Å². The highest BCUT2D eigenvalue weighted by atomic mass is 35.5. The first kappa shape index (κ1) is 25.2. The van der Waals surface area contributed by atoms with E-state index in [4.69, 9.17) is 32.7 Å². The molecular weight excluding hydrogens is 509 g/mol. The summed E-state index contributed by atoms with van der Waals surface area (Å²) >= 11 is 12.5. The fraction of sp³-hybridized carbons (Fsp3) is 0.167. The van der Waals surface area contributed by atoms with Gasteiger partial charge in [-0.25, -0.2) is 4.79 Å². The summed E-state index contributed by atoms with van der Waals surface area (Å²) in [5.41, 5.74) is 3.93. The number of hydrogen-bond acceptors (Lipinski definition) is 3. The number of fused-ring (bicyclic) bond motifs is 3. The van der Waals surface area contributed by atoms with Gasteiger partial charge in [-0.2, -0.15) is 0 Å². The normalized spacial score (nSPS) is 12.2. The molecule has 1 unspecified atom stereocenters. The largest absolute Gasteiger partial charge is 0.492 e. The zero-order valence-corrected chi connectivity index (χ0v) is 21.5. The van der Waals surface area contributed by atoms with Crippen molar-refractivity contribution >= 4 is 51.0 Å². The molecule has 5 rings (SSSR count). The van der Waals surface area contributed by atoms with Gasteiger partial charge in [0.1, 0.15) is 12.4 Å². The predicted molar refractivity (Wildman–Crippen MR) is 148 cm³/mol. The maximum absolute atomic E-state index is 11.7. The fourth-order valence-electron chi connectivity index (χ4n) is 4.47. The molecule has 4 aromatic carbocycles. The van der Waals surface area contributed by atoms with Crippen molar-refractivity contribution in [2.24, 2.45) is 0 Å². The molecule has 188 valence electrons. The van der Waals surface area contributed by atoms with Crippen LogP contribution in [-0.4, -0.2) is 28.4 Å². The predicted octanol–water partition coefficient (Wildman–Crippen LogP) is 7.39. The molecule has 0 aliphatic rings. The Hall–Kier alpha value is -3.51. The van der Waals surface area contributed by atoms with Crippen LogP contribution in [0.1, 0.15) is 11.1 Å². The Morgan fingerprint density at radius 1 is 0.811 bits per heavy atom. The zero-order valence-electron chi connectivity index (χ0n) is 19.9. The highest BCUT2D eigenvalue weighted by Crippen LogP contribution is 2.32. The number of benzene rings is 4.